The predicted octanol–water partition coefficient (Wildman–Crippen LogP) is 1.62. The van der Waals surface area contributed by atoms with Gasteiger partial charge in [-0.05, 0) is 56.7 Å². The first-order chi connectivity index (χ1) is 6.75. The van der Waals surface area contributed by atoms with E-state index in [1.165, 1.54) is 38.9 Å². The zero-order valence-electron chi connectivity index (χ0n) is 9.55. The molecule has 1 aliphatic carbocycles. The third-order valence-electron chi connectivity index (χ3n) is 4.04. The van der Waals surface area contributed by atoms with E-state index in [1.807, 2.05) is 0 Å². The van der Waals surface area contributed by atoms with Gasteiger partial charge in [0.25, 0.3) is 0 Å². The van der Waals surface area contributed by atoms with E-state index in [-0.39, 0.29) is 0 Å². The fourth-order valence-corrected chi connectivity index (χ4v) is 2.85. The van der Waals surface area contributed by atoms with E-state index in [9.17, 15) is 0 Å². The first kappa shape index (κ1) is 10.4. The minimum Gasteiger partial charge on any atom is -0.316 e. The van der Waals surface area contributed by atoms with E-state index >= 15 is 0 Å². The Morgan fingerprint density at radius 1 is 1.21 bits per heavy atom. The average Bonchev–Trinajstić information content (AvgIpc) is 2.72. The normalized spacial score (nSPS) is 43.3. The lowest BCUT2D eigenvalue weighted by Gasteiger charge is -2.18. The highest BCUT2D eigenvalue weighted by Crippen LogP contribution is 2.25. The largest absolute Gasteiger partial charge is 0.316 e. The molecule has 2 fully saturated rings. The van der Waals surface area contributed by atoms with Crippen molar-refractivity contribution in [3.05, 3.63) is 0 Å². The molecular weight excluding hydrogens is 172 g/mol. The van der Waals surface area contributed by atoms with Gasteiger partial charge in [0, 0.05) is 6.04 Å². The average molecular weight is 196 g/mol. The molecule has 82 valence electrons. The van der Waals surface area contributed by atoms with Crippen LogP contribution in [-0.2, 0) is 0 Å². The monoisotopic (exact) mass is 196 g/mol. The number of hydrogen-bond acceptors (Lipinski definition) is 2. The Labute approximate surface area is 87.8 Å². The fraction of sp³-hybridized carbons (Fsp3) is 1.00. The van der Waals surface area contributed by atoms with Gasteiger partial charge in [0.05, 0.1) is 0 Å². The van der Waals surface area contributed by atoms with Crippen LogP contribution in [0.2, 0.25) is 0 Å². The van der Waals surface area contributed by atoms with Crippen molar-refractivity contribution in [3.8, 4) is 0 Å². The molecule has 2 unspecified atom stereocenters. The molecule has 1 heterocycles. The first-order valence-electron chi connectivity index (χ1n) is 6.20. The summed E-state index contributed by atoms with van der Waals surface area (Å²) in [4.78, 5) is 0. The van der Waals surface area contributed by atoms with Crippen molar-refractivity contribution in [2.24, 2.45) is 17.8 Å². The molecule has 2 rings (SSSR count). The summed E-state index contributed by atoms with van der Waals surface area (Å²) in [7, 11) is 0. The van der Waals surface area contributed by atoms with Crippen molar-refractivity contribution in [2.45, 2.75) is 39.2 Å². The Bertz CT molecular complexity index is 181. The second-order valence-corrected chi connectivity index (χ2v) is 5.42. The summed E-state index contributed by atoms with van der Waals surface area (Å²) in [6, 6.07) is 0.817. The molecule has 14 heavy (non-hydrogen) atoms. The summed E-state index contributed by atoms with van der Waals surface area (Å²) in [5.41, 5.74) is 0. The molecule has 2 heteroatoms. The van der Waals surface area contributed by atoms with Crippen molar-refractivity contribution < 1.29 is 0 Å². The van der Waals surface area contributed by atoms with Gasteiger partial charge in [0.2, 0.25) is 0 Å². The number of hydrogen-bond donors (Lipinski definition) is 2. The van der Waals surface area contributed by atoms with Gasteiger partial charge in [-0.25, -0.2) is 0 Å². The van der Waals surface area contributed by atoms with Crippen molar-refractivity contribution in [2.75, 3.05) is 19.6 Å². The molecule has 2 nitrogen and oxygen atoms in total. The van der Waals surface area contributed by atoms with Gasteiger partial charge in [-0.2, -0.15) is 0 Å². The molecule has 4 atom stereocenters. The summed E-state index contributed by atoms with van der Waals surface area (Å²) >= 11 is 0. The molecular formula is C12H24N2. The maximum absolute atomic E-state index is 3.74. The summed E-state index contributed by atoms with van der Waals surface area (Å²) in [6.45, 7) is 8.40. The van der Waals surface area contributed by atoms with Crippen molar-refractivity contribution in [3.63, 3.8) is 0 Å². The molecule has 1 saturated carbocycles. The van der Waals surface area contributed by atoms with Gasteiger partial charge in [-0.15, -0.1) is 0 Å². The van der Waals surface area contributed by atoms with E-state index in [4.69, 9.17) is 0 Å². The van der Waals surface area contributed by atoms with Crippen LogP contribution in [-0.4, -0.2) is 25.7 Å². The highest BCUT2D eigenvalue weighted by atomic mass is 15.0. The molecule has 0 radical (unpaired) electrons. The minimum atomic E-state index is 0.817. The van der Waals surface area contributed by atoms with Gasteiger partial charge in [0.15, 0.2) is 0 Å². The topological polar surface area (TPSA) is 24.1 Å². The summed E-state index contributed by atoms with van der Waals surface area (Å²) in [6.07, 6.45) is 4.22. The van der Waals surface area contributed by atoms with Crippen LogP contribution in [0, 0.1) is 17.8 Å². The smallest absolute Gasteiger partial charge is 0.00698 e. The first-order valence-corrected chi connectivity index (χ1v) is 6.20. The van der Waals surface area contributed by atoms with Crippen LogP contribution in [0.5, 0.6) is 0 Å². The molecule has 0 aromatic carbocycles. The Morgan fingerprint density at radius 2 is 2.07 bits per heavy atom. The van der Waals surface area contributed by atoms with Crippen molar-refractivity contribution >= 4 is 0 Å². The Balaban J connectivity index is 1.67. The van der Waals surface area contributed by atoms with Crippen LogP contribution in [0.4, 0.5) is 0 Å². The van der Waals surface area contributed by atoms with Crippen LogP contribution in [0.25, 0.3) is 0 Å². The van der Waals surface area contributed by atoms with E-state index < -0.39 is 0 Å². The van der Waals surface area contributed by atoms with Crippen LogP contribution in [0.15, 0.2) is 0 Å². The predicted molar refractivity (Wildman–Crippen MR) is 60.3 cm³/mol. The van der Waals surface area contributed by atoms with E-state index in [0.29, 0.717) is 0 Å². The molecule has 0 aromatic heterocycles. The highest BCUT2D eigenvalue weighted by Gasteiger charge is 2.25. The molecule has 2 aliphatic rings. The quantitative estimate of drug-likeness (QED) is 0.717. The lowest BCUT2D eigenvalue weighted by molar-refractivity contribution is 0.385. The Kier molecular flexibility index (Phi) is 3.45. The Morgan fingerprint density at radius 3 is 2.64 bits per heavy atom. The molecule has 1 aliphatic heterocycles. The molecule has 0 spiro atoms. The highest BCUT2D eigenvalue weighted by molar-refractivity contribution is 4.83. The van der Waals surface area contributed by atoms with Crippen LogP contribution >= 0.6 is 0 Å². The SMILES string of the molecule is CC1CCC(NC[C@@H]2CNC[C@H]2C)C1. The third-order valence-corrected chi connectivity index (χ3v) is 4.04. The third kappa shape index (κ3) is 2.48. The van der Waals surface area contributed by atoms with Crippen molar-refractivity contribution in [1.29, 1.82) is 0 Å². The van der Waals surface area contributed by atoms with Gasteiger partial charge >= 0.3 is 0 Å². The zero-order chi connectivity index (χ0) is 9.97. The van der Waals surface area contributed by atoms with Crippen LogP contribution in [0.1, 0.15) is 33.1 Å². The molecule has 1 saturated heterocycles. The second kappa shape index (κ2) is 4.63. The van der Waals surface area contributed by atoms with Crippen molar-refractivity contribution in [1.82, 2.24) is 10.6 Å². The van der Waals surface area contributed by atoms with Gasteiger partial charge in [-0.1, -0.05) is 13.8 Å². The lowest BCUT2D eigenvalue weighted by atomic mass is 9.98. The van der Waals surface area contributed by atoms with Gasteiger partial charge < -0.3 is 10.6 Å². The molecule has 2 N–H and O–H groups in total. The number of rotatable bonds is 3. The second-order valence-electron chi connectivity index (χ2n) is 5.42. The zero-order valence-corrected chi connectivity index (χ0v) is 9.55. The summed E-state index contributed by atoms with van der Waals surface area (Å²) in [5.74, 6) is 2.68. The molecule has 0 amide bonds. The minimum absolute atomic E-state index is 0.817. The Hall–Kier alpha value is -0.0800. The lowest BCUT2D eigenvalue weighted by Crippen LogP contribution is -2.33. The van der Waals surface area contributed by atoms with Gasteiger partial charge in [-0.3, -0.25) is 0 Å². The molecule has 0 aromatic rings. The van der Waals surface area contributed by atoms with Gasteiger partial charge in [0.1, 0.15) is 0 Å². The fourth-order valence-electron chi connectivity index (χ4n) is 2.85. The van der Waals surface area contributed by atoms with E-state index in [0.717, 1.165) is 23.8 Å². The number of nitrogens with one attached hydrogen (secondary N) is 2. The summed E-state index contributed by atoms with van der Waals surface area (Å²) in [5, 5.41) is 7.21. The van der Waals surface area contributed by atoms with Crippen LogP contribution < -0.4 is 10.6 Å². The molecule has 0 bridgehead atoms. The maximum atomic E-state index is 3.74. The summed E-state index contributed by atoms with van der Waals surface area (Å²) < 4.78 is 0. The van der Waals surface area contributed by atoms with E-state index in [2.05, 4.69) is 24.5 Å². The maximum Gasteiger partial charge on any atom is 0.00698 e. The standard InChI is InChI=1S/C12H24N2/c1-9-3-4-12(5-9)14-8-11-7-13-6-10(11)2/h9-14H,3-8H2,1-2H3/t9?,10-,11+,12?/m1/s1. The van der Waals surface area contributed by atoms with Crippen LogP contribution in [0.3, 0.4) is 0 Å². The van der Waals surface area contributed by atoms with E-state index in [1.54, 1.807) is 0 Å².